The average Bonchev–Trinajstić information content (AvgIpc) is 3.22. The lowest BCUT2D eigenvalue weighted by molar-refractivity contribution is -0.385. The monoisotopic (exact) mass is 278 g/mol. The molecule has 0 bridgehead atoms. The Labute approximate surface area is 117 Å². The highest BCUT2D eigenvalue weighted by molar-refractivity contribution is 5.95. The van der Waals surface area contributed by atoms with E-state index < -0.39 is 11.0 Å². The van der Waals surface area contributed by atoms with Crippen LogP contribution in [-0.2, 0) is 9.53 Å². The molecular weight excluding hydrogens is 260 g/mol. The van der Waals surface area contributed by atoms with Crippen LogP contribution in [0.4, 0.5) is 11.4 Å². The zero-order valence-corrected chi connectivity index (χ0v) is 11.6. The van der Waals surface area contributed by atoms with Crippen LogP contribution in [0.1, 0.15) is 25.3 Å². The van der Waals surface area contributed by atoms with Gasteiger partial charge in [-0.25, -0.2) is 0 Å². The molecule has 0 spiro atoms. The Morgan fingerprint density at radius 1 is 1.55 bits per heavy atom. The van der Waals surface area contributed by atoms with Gasteiger partial charge < -0.3 is 10.1 Å². The summed E-state index contributed by atoms with van der Waals surface area (Å²) in [6, 6.07) is 4.61. The van der Waals surface area contributed by atoms with E-state index in [-0.39, 0.29) is 11.6 Å². The van der Waals surface area contributed by atoms with Gasteiger partial charge in [0.2, 0.25) is 0 Å². The van der Waals surface area contributed by atoms with Crippen molar-refractivity contribution < 1.29 is 14.5 Å². The van der Waals surface area contributed by atoms with Crippen molar-refractivity contribution in [2.75, 3.05) is 11.9 Å². The molecule has 0 saturated heterocycles. The minimum atomic E-state index is -0.561. The molecule has 0 heterocycles. The number of ether oxygens (including phenoxy) is 1. The number of anilines is 1. The van der Waals surface area contributed by atoms with E-state index in [9.17, 15) is 14.9 Å². The van der Waals surface area contributed by atoms with Crippen molar-refractivity contribution in [3.05, 3.63) is 33.9 Å². The van der Waals surface area contributed by atoms with Crippen LogP contribution in [0.15, 0.2) is 18.2 Å². The van der Waals surface area contributed by atoms with Gasteiger partial charge in [-0.2, -0.15) is 0 Å². The molecule has 1 atom stereocenters. The van der Waals surface area contributed by atoms with Gasteiger partial charge in [0.1, 0.15) is 6.10 Å². The van der Waals surface area contributed by atoms with E-state index in [2.05, 4.69) is 5.32 Å². The van der Waals surface area contributed by atoms with Crippen molar-refractivity contribution >= 4 is 17.3 Å². The van der Waals surface area contributed by atoms with E-state index in [1.165, 1.54) is 18.9 Å². The Morgan fingerprint density at radius 3 is 2.85 bits per heavy atom. The first-order chi connectivity index (χ1) is 9.49. The molecule has 108 valence electrons. The summed E-state index contributed by atoms with van der Waals surface area (Å²) in [5.74, 6) is 0.305. The summed E-state index contributed by atoms with van der Waals surface area (Å²) < 4.78 is 5.47. The van der Waals surface area contributed by atoms with E-state index >= 15 is 0 Å². The Bertz CT molecular complexity index is 526. The Morgan fingerprint density at radius 2 is 2.25 bits per heavy atom. The lowest BCUT2D eigenvalue weighted by atomic mass is 10.1. The van der Waals surface area contributed by atoms with Gasteiger partial charge in [0.15, 0.2) is 0 Å². The van der Waals surface area contributed by atoms with Crippen LogP contribution >= 0.6 is 0 Å². The molecule has 6 heteroatoms. The van der Waals surface area contributed by atoms with Crippen LogP contribution in [-0.4, -0.2) is 23.5 Å². The predicted octanol–water partition coefficient (Wildman–Crippen LogP) is 2.66. The number of nitro benzene ring substituents is 1. The molecule has 1 amide bonds. The molecule has 2 rings (SSSR count). The highest BCUT2D eigenvalue weighted by Crippen LogP contribution is 2.29. The zero-order chi connectivity index (χ0) is 14.7. The van der Waals surface area contributed by atoms with Crippen molar-refractivity contribution in [3.8, 4) is 0 Å². The van der Waals surface area contributed by atoms with Gasteiger partial charge in [-0.05, 0) is 38.7 Å². The summed E-state index contributed by atoms with van der Waals surface area (Å²) in [5, 5.41) is 13.5. The molecule has 0 radical (unpaired) electrons. The summed E-state index contributed by atoms with van der Waals surface area (Å²) in [5.41, 5.74) is 0.890. The number of hydrogen-bond donors (Lipinski definition) is 1. The molecule has 0 aliphatic heterocycles. The van der Waals surface area contributed by atoms with E-state index in [1.807, 2.05) is 0 Å². The number of benzene rings is 1. The average molecular weight is 278 g/mol. The summed E-state index contributed by atoms with van der Waals surface area (Å²) >= 11 is 0. The maximum atomic E-state index is 12.0. The second-order valence-corrected chi connectivity index (χ2v) is 5.11. The van der Waals surface area contributed by atoms with Crippen LogP contribution in [0.3, 0.4) is 0 Å². The van der Waals surface area contributed by atoms with Gasteiger partial charge in [0.25, 0.3) is 11.6 Å². The number of amides is 1. The summed E-state index contributed by atoms with van der Waals surface area (Å²) in [6.07, 6.45) is 1.77. The molecule has 1 unspecified atom stereocenters. The third kappa shape index (κ3) is 3.54. The third-order valence-electron chi connectivity index (χ3n) is 3.41. The fourth-order valence-electron chi connectivity index (χ4n) is 1.83. The minimum absolute atomic E-state index is 0.00523. The molecule has 1 aliphatic rings. The number of hydrogen-bond acceptors (Lipinski definition) is 4. The third-order valence-corrected chi connectivity index (χ3v) is 3.41. The predicted molar refractivity (Wildman–Crippen MR) is 74.6 cm³/mol. The van der Waals surface area contributed by atoms with Crippen LogP contribution in [0.25, 0.3) is 0 Å². The number of nitrogens with one attached hydrogen (secondary N) is 1. The van der Waals surface area contributed by atoms with Crippen molar-refractivity contribution in [1.82, 2.24) is 0 Å². The van der Waals surface area contributed by atoms with E-state index in [4.69, 9.17) is 4.74 Å². The van der Waals surface area contributed by atoms with Crippen molar-refractivity contribution in [1.29, 1.82) is 0 Å². The molecule has 1 fully saturated rings. The highest BCUT2D eigenvalue weighted by Gasteiger charge is 2.24. The molecule has 1 saturated carbocycles. The molecule has 0 aromatic heterocycles. The first kappa shape index (κ1) is 14.5. The van der Waals surface area contributed by atoms with Crippen molar-refractivity contribution in [3.63, 3.8) is 0 Å². The highest BCUT2D eigenvalue weighted by atomic mass is 16.6. The molecule has 1 aromatic carbocycles. The van der Waals surface area contributed by atoms with E-state index in [1.54, 1.807) is 26.0 Å². The summed E-state index contributed by atoms with van der Waals surface area (Å²) in [4.78, 5) is 22.4. The second kappa shape index (κ2) is 6.00. The smallest absolute Gasteiger partial charge is 0.274 e. The standard InChI is InChI=1S/C14H18N2O4/c1-9-12(4-3-5-13(9)16(18)19)15-14(17)10(2)20-8-11-6-7-11/h3-5,10-11H,6-8H2,1-2H3,(H,15,17). The van der Waals surface area contributed by atoms with Crippen LogP contribution in [0.2, 0.25) is 0 Å². The van der Waals surface area contributed by atoms with Crippen LogP contribution < -0.4 is 5.32 Å². The summed E-state index contributed by atoms with van der Waals surface area (Å²) in [7, 11) is 0. The van der Waals surface area contributed by atoms with E-state index in [0.29, 0.717) is 23.8 Å². The first-order valence-electron chi connectivity index (χ1n) is 6.65. The van der Waals surface area contributed by atoms with Gasteiger partial charge in [-0.15, -0.1) is 0 Å². The number of carbonyl (C=O) groups excluding carboxylic acids is 1. The van der Waals surface area contributed by atoms with Gasteiger partial charge in [-0.1, -0.05) is 6.07 Å². The Balaban J connectivity index is 1.99. The first-order valence-corrected chi connectivity index (χ1v) is 6.65. The maximum absolute atomic E-state index is 12.0. The lowest BCUT2D eigenvalue weighted by Crippen LogP contribution is -2.28. The molecule has 20 heavy (non-hydrogen) atoms. The van der Waals surface area contributed by atoms with Crippen LogP contribution in [0.5, 0.6) is 0 Å². The Hall–Kier alpha value is -1.95. The van der Waals surface area contributed by atoms with Gasteiger partial charge in [-0.3, -0.25) is 14.9 Å². The van der Waals surface area contributed by atoms with Gasteiger partial charge >= 0.3 is 0 Å². The number of carbonyl (C=O) groups is 1. The van der Waals surface area contributed by atoms with Crippen LogP contribution in [0, 0.1) is 23.0 Å². The second-order valence-electron chi connectivity index (χ2n) is 5.11. The largest absolute Gasteiger partial charge is 0.368 e. The van der Waals surface area contributed by atoms with Gasteiger partial charge in [0.05, 0.1) is 22.8 Å². The normalized spacial score (nSPS) is 15.7. The molecule has 6 nitrogen and oxygen atoms in total. The fraction of sp³-hybridized carbons (Fsp3) is 0.500. The quantitative estimate of drug-likeness (QED) is 0.640. The minimum Gasteiger partial charge on any atom is -0.368 e. The molecular formula is C14H18N2O4. The van der Waals surface area contributed by atoms with E-state index in [0.717, 1.165) is 0 Å². The number of nitro groups is 1. The Kier molecular flexibility index (Phi) is 4.34. The lowest BCUT2D eigenvalue weighted by Gasteiger charge is -2.14. The number of nitrogens with zero attached hydrogens (tertiary/aromatic N) is 1. The van der Waals surface area contributed by atoms with Gasteiger partial charge in [0, 0.05) is 6.07 Å². The van der Waals surface area contributed by atoms with Crippen molar-refractivity contribution in [2.24, 2.45) is 5.92 Å². The topological polar surface area (TPSA) is 81.5 Å². The SMILES string of the molecule is Cc1c(NC(=O)C(C)OCC2CC2)cccc1[N+](=O)[O-]. The number of rotatable bonds is 6. The fourth-order valence-corrected chi connectivity index (χ4v) is 1.83. The maximum Gasteiger partial charge on any atom is 0.274 e. The molecule has 1 aliphatic carbocycles. The summed E-state index contributed by atoms with van der Waals surface area (Å²) in [6.45, 7) is 3.90. The van der Waals surface area contributed by atoms with Crippen molar-refractivity contribution in [2.45, 2.75) is 32.8 Å². The zero-order valence-electron chi connectivity index (χ0n) is 11.6. The molecule has 1 N–H and O–H groups in total. The molecule has 1 aromatic rings.